The van der Waals surface area contributed by atoms with Crippen molar-refractivity contribution in [1.82, 2.24) is 9.97 Å². The Morgan fingerprint density at radius 1 is 1.41 bits per heavy atom. The summed E-state index contributed by atoms with van der Waals surface area (Å²) < 4.78 is 14.2. The van der Waals surface area contributed by atoms with Crippen LogP contribution in [0.5, 0.6) is 0 Å². The van der Waals surface area contributed by atoms with Gasteiger partial charge in [-0.05, 0) is 24.3 Å². The molecule has 1 aromatic carbocycles. The molecule has 0 spiro atoms. The van der Waals surface area contributed by atoms with Crippen LogP contribution in [0.1, 0.15) is 12.7 Å². The first-order valence-electron chi connectivity index (χ1n) is 5.16. The Labute approximate surface area is 108 Å². The maximum absolute atomic E-state index is 13.7. The van der Waals surface area contributed by atoms with Crippen molar-refractivity contribution in [3.05, 3.63) is 45.6 Å². The van der Waals surface area contributed by atoms with Crippen molar-refractivity contribution in [3.8, 4) is 11.3 Å². The fourth-order valence-corrected chi connectivity index (χ4v) is 1.92. The van der Waals surface area contributed by atoms with Crippen LogP contribution in [0.25, 0.3) is 11.3 Å². The molecule has 88 valence electrons. The second-order valence-electron chi connectivity index (χ2n) is 3.56. The van der Waals surface area contributed by atoms with Gasteiger partial charge in [-0.15, -0.1) is 0 Å². The third-order valence-corrected chi connectivity index (χ3v) is 2.79. The van der Waals surface area contributed by atoms with E-state index in [-0.39, 0.29) is 5.82 Å². The summed E-state index contributed by atoms with van der Waals surface area (Å²) in [4.78, 5) is 7.19. The smallest absolute Gasteiger partial charge is 0.133 e. The molecule has 2 rings (SSSR count). The van der Waals surface area contributed by atoms with Crippen molar-refractivity contribution in [1.29, 1.82) is 0 Å². The van der Waals surface area contributed by atoms with Crippen molar-refractivity contribution < 1.29 is 4.39 Å². The summed E-state index contributed by atoms with van der Waals surface area (Å²) in [5.74, 6) is 0.359. The van der Waals surface area contributed by atoms with Gasteiger partial charge in [0.2, 0.25) is 0 Å². The van der Waals surface area contributed by atoms with Crippen LogP contribution in [0.15, 0.2) is 24.3 Å². The van der Waals surface area contributed by atoms with E-state index in [4.69, 9.17) is 23.8 Å². The predicted molar refractivity (Wildman–Crippen MR) is 69.2 cm³/mol. The van der Waals surface area contributed by atoms with E-state index >= 15 is 0 Å². The van der Waals surface area contributed by atoms with Gasteiger partial charge in [0, 0.05) is 17.0 Å². The highest BCUT2D eigenvalue weighted by Gasteiger charge is 2.07. The molecular formula is C12H10ClFN2S. The number of nitrogens with zero attached hydrogens (tertiary/aromatic N) is 1. The normalized spacial score (nSPS) is 10.5. The summed E-state index contributed by atoms with van der Waals surface area (Å²) in [5.41, 5.74) is 1.06. The molecule has 0 unspecified atom stereocenters. The monoisotopic (exact) mass is 268 g/mol. The average Bonchev–Trinajstić information content (AvgIpc) is 2.28. The summed E-state index contributed by atoms with van der Waals surface area (Å²) in [7, 11) is 0. The number of nitrogens with one attached hydrogen (secondary N) is 1. The van der Waals surface area contributed by atoms with Crippen LogP contribution in [0.2, 0.25) is 5.02 Å². The molecule has 0 fully saturated rings. The average molecular weight is 269 g/mol. The fourth-order valence-electron chi connectivity index (χ4n) is 1.53. The third kappa shape index (κ3) is 2.70. The molecule has 0 bridgehead atoms. The first-order chi connectivity index (χ1) is 8.10. The van der Waals surface area contributed by atoms with E-state index < -0.39 is 0 Å². The maximum Gasteiger partial charge on any atom is 0.133 e. The van der Waals surface area contributed by atoms with Gasteiger partial charge in [-0.3, -0.25) is 0 Å². The molecule has 0 aliphatic rings. The first kappa shape index (κ1) is 12.2. The number of hydrogen-bond donors (Lipinski definition) is 1. The zero-order valence-corrected chi connectivity index (χ0v) is 10.7. The number of aryl methyl sites for hydroxylation is 1. The Bertz CT molecular complexity index is 610. The summed E-state index contributed by atoms with van der Waals surface area (Å²) in [6.45, 7) is 1.95. The van der Waals surface area contributed by atoms with Gasteiger partial charge in [0.1, 0.15) is 16.3 Å². The van der Waals surface area contributed by atoms with Crippen molar-refractivity contribution >= 4 is 23.8 Å². The lowest BCUT2D eigenvalue weighted by atomic mass is 10.1. The Kier molecular flexibility index (Phi) is 3.54. The molecule has 0 atom stereocenters. The van der Waals surface area contributed by atoms with Gasteiger partial charge in [-0.1, -0.05) is 30.7 Å². The Balaban J connectivity index is 2.60. The number of halogens is 2. The van der Waals surface area contributed by atoms with E-state index in [1.807, 2.05) is 6.92 Å². The Hall–Kier alpha value is -1.26. The molecular weight excluding hydrogens is 259 g/mol. The van der Waals surface area contributed by atoms with Crippen LogP contribution >= 0.6 is 23.8 Å². The van der Waals surface area contributed by atoms with Gasteiger partial charge < -0.3 is 4.98 Å². The zero-order chi connectivity index (χ0) is 12.4. The molecule has 1 heterocycles. The van der Waals surface area contributed by atoms with Gasteiger partial charge >= 0.3 is 0 Å². The highest BCUT2D eigenvalue weighted by Crippen LogP contribution is 2.23. The Morgan fingerprint density at radius 2 is 2.18 bits per heavy atom. The molecule has 5 heteroatoms. The molecule has 0 aliphatic carbocycles. The van der Waals surface area contributed by atoms with Crippen LogP contribution in [-0.2, 0) is 6.42 Å². The molecule has 0 aliphatic heterocycles. The molecule has 1 aromatic heterocycles. The van der Waals surface area contributed by atoms with Crippen molar-refractivity contribution in [2.45, 2.75) is 13.3 Å². The number of benzene rings is 1. The van der Waals surface area contributed by atoms with Gasteiger partial charge in [0.25, 0.3) is 0 Å². The topological polar surface area (TPSA) is 28.7 Å². The van der Waals surface area contributed by atoms with E-state index in [1.165, 1.54) is 6.07 Å². The highest BCUT2D eigenvalue weighted by atomic mass is 35.5. The van der Waals surface area contributed by atoms with Crippen molar-refractivity contribution in [2.75, 3.05) is 0 Å². The van der Waals surface area contributed by atoms with Crippen LogP contribution in [0, 0.1) is 10.5 Å². The number of H-pyrrole nitrogens is 1. The maximum atomic E-state index is 13.7. The largest absolute Gasteiger partial charge is 0.343 e. The zero-order valence-electron chi connectivity index (χ0n) is 9.13. The summed E-state index contributed by atoms with van der Waals surface area (Å²) >= 11 is 10.8. The lowest BCUT2D eigenvalue weighted by Crippen LogP contribution is -1.96. The molecule has 0 radical (unpaired) electrons. The van der Waals surface area contributed by atoms with E-state index in [9.17, 15) is 4.39 Å². The quantitative estimate of drug-likeness (QED) is 0.829. The fraction of sp³-hybridized carbons (Fsp3) is 0.167. The van der Waals surface area contributed by atoms with Gasteiger partial charge in [-0.25, -0.2) is 9.37 Å². The second kappa shape index (κ2) is 4.94. The third-order valence-electron chi connectivity index (χ3n) is 2.35. The van der Waals surface area contributed by atoms with Gasteiger partial charge in [-0.2, -0.15) is 0 Å². The molecule has 2 nitrogen and oxygen atoms in total. The number of hydrogen-bond acceptors (Lipinski definition) is 2. The van der Waals surface area contributed by atoms with Crippen LogP contribution in [0.3, 0.4) is 0 Å². The van der Waals surface area contributed by atoms with Crippen LogP contribution < -0.4 is 0 Å². The number of aromatic amines is 1. The molecule has 1 N–H and O–H groups in total. The van der Waals surface area contributed by atoms with Crippen molar-refractivity contribution in [2.24, 2.45) is 0 Å². The van der Waals surface area contributed by atoms with Crippen LogP contribution in [-0.4, -0.2) is 9.97 Å². The minimum Gasteiger partial charge on any atom is -0.343 e. The molecule has 0 saturated carbocycles. The summed E-state index contributed by atoms with van der Waals surface area (Å²) in [6, 6.07) is 6.18. The standard InChI is InChI=1S/C12H10ClFN2S/c1-2-11-15-10(6-12(17)16-11)8-4-3-7(13)5-9(8)14/h3-6H,2H2,1H3,(H,15,16,17). The first-order valence-corrected chi connectivity index (χ1v) is 5.94. The number of rotatable bonds is 2. The number of aromatic nitrogens is 2. The SMILES string of the molecule is CCc1nc(=S)cc(-c2ccc(Cl)cc2F)[nH]1. The molecule has 17 heavy (non-hydrogen) atoms. The van der Waals surface area contributed by atoms with E-state index in [1.54, 1.807) is 18.2 Å². The Morgan fingerprint density at radius 3 is 2.82 bits per heavy atom. The minimum absolute atomic E-state index is 0.370. The van der Waals surface area contributed by atoms with E-state index in [0.717, 1.165) is 5.82 Å². The van der Waals surface area contributed by atoms with Gasteiger partial charge in [0.15, 0.2) is 0 Å². The van der Waals surface area contributed by atoms with Crippen molar-refractivity contribution in [3.63, 3.8) is 0 Å². The molecule has 0 saturated heterocycles. The lowest BCUT2D eigenvalue weighted by molar-refractivity contribution is 0.630. The molecule has 2 aromatic rings. The van der Waals surface area contributed by atoms with E-state index in [0.29, 0.717) is 27.3 Å². The summed E-state index contributed by atoms with van der Waals surface area (Å²) in [5, 5.41) is 0.370. The van der Waals surface area contributed by atoms with Crippen LogP contribution in [0.4, 0.5) is 4.39 Å². The van der Waals surface area contributed by atoms with Gasteiger partial charge in [0.05, 0.1) is 5.69 Å². The van der Waals surface area contributed by atoms with E-state index in [2.05, 4.69) is 9.97 Å². The summed E-state index contributed by atoms with van der Waals surface area (Å²) in [6.07, 6.45) is 0.715. The molecule has 0 amide bonds. The lowest BCUT2D eigenvalue weighted by Gasteiger charge is -2.06. The minimum atomic E-state index is -0.378. The highest BCUT2D eigenvalue weighted by molar-refractivity contribution is 7.71. The predicted octanol–water partition coefficient (Wildman–Crippen LogP) is 4.16. The second-order valence-corrected chi connectivity index (χ2v) is 4.41.